The van der Waals surface area contributed by atoms with Gasteiger partial charge in [-0.15, -0.1) is 0 Å². The highest BCUT2D eigenvalue weighted by molar-refractivity contribution is 6.30. The van der Waals surface area contributed by atoms with E-state index in [1.54, 1.807) is 6.07 Å². The maximum absolute atomic E-state index is 13.3. The minimum atomic E-state index is -0.386. The zero-order valence-electron chi connectivity index (χ0n) is 9.50. The second-order valence-corrected chi connectivity index (χ2v) is 4.26. The van der Waals surface area contributed by atoms with E-state index >= 15 is 0 Å². The summed E-state index contributed by atoms with van der Waals surface area (Å²) in [6.07, 6.45) is 0. The fourth-order valence-electron chi connectivity index (χ4n) is 1.69. The highest BCUT2D eigenvalue weighted by Crippen LogP contribution is 2.24. The first kappa shape index (κ1) is 12.1. The molecule has 0 saturated carbocycles. The summed E-state index contributed by atoms with van der Waals surface area (Å²) >= 11 is 5.65. The Labute approximate surface area is 105 Å². The average Bonchev–Trinajstić information content (AvgIpc) is 2.34. The number of hydrogen-bond acceptors (Lipinski definition) is 1. The van der Waals surface area contributed by atoms with Gasteiger partial charge in [-0.05, 0) is 35.9 Å². The van der Waals surface area contributed by atoms with Crippen molar-refractivity contribution in [3.05, 3.63) is 58.9 Å². The molecule has 0 aliphatic rings. The van der Waals surface area contributed by atoms with Crippen LogP contribution in [-0.2, 0) is 6.54 Å². The number of halogens is 2. The third-order valence-corrected chi connectivity index (χ3v) is 2.89. The molecule has 88 valence electrons. The Balaban J connectivity index is 2.30. The van der Waals surface area contributed by atoms with Gasteiger partial charge in [-0.3, -0.25) is 0 Å². The van der Waals surface area contributed by atoms with Crippen molar-refractivity contribution in [3.63, 3.8) is 0 Å². The second kappa shape index (κ2) is 5.30. The molecule has 0 bridgehead atoms. The normalized spacial score (nSPS) is 10.5. The van der Waals surface area contributed by atoms with E-state index in [2.05, 4.69) is 5.32 Å². The van der Waals surface area contributed by atoms with Crippen LogP contribution in [-0.4, -0.2) is 7.05 Å². The minimum Gasteiger partial charge on any atom is -0.316 e. The van der Waals surface area contributed by atoms with Crippen LogP contribution in [0.2, 0.25) is 5.02 Å². The Morgan fingerprint density at radius 1 is 1.06 bits per heavy atom. The topological polar surface area (TPSA) is 12.0 Å². The van der Waals surface area contributed by atoms with Gasteiger partial charge >= 0.3 is 0 Å². The van der Waals surface area contributed by atoms with Gasteiger partial charge in [0.15, 0.2) is 0 Å². The molecular weight excluding hydrogens is 237 g/mol. The molecular formula is C14H13ClFN. The standard InChI is InChI=1S/C14H13ClFN/c1-17-9-10-2-4-11(5-3-10)12-6-7-13(15)14(16)8-12/h2-8,17H,9H2,1H3. The highest BCUT2D eigenvalue weighted by atomic mass is 35.5. The molecule has 2 aromatic rings. The first-order valence-corrected chi connectivity index (χ1v) is 5.77. The van der Waals surface area contributed by atoms with E-state index in [-0.39, 0.29) is 10.8 Å². The van der Waals surface area contributed by atoms with Crippen LogP contribution in [0, 0.1) is 5.82 Å². The third-order valence-electron chi connectivity index (χ3n) is 2.59. The van der Waals surface area contributed by atoms with Gasteiger partial charge in [0, 0.05) is 6.54 Å². The van der Waals surface area contributed by atoms with Crippen LogP contribution in [0.15, 0.2) is 42.5 Å². The Morgan fingerprint density at radius 3 is 2.29 bits per heavy atom. The number of hydrogen-bond donors (Lipinski definition) is 1. The van der Waals surface area contributed by atoms with Crippen LogP contribution in [0.1, 0.15) is 5.56 Å². The van der Waals surface area contributed by atoms with E-state index in [1.807, 2.05) is 37.4 Å². The molecule has 0 heterocycles. The van der Waals surface area contributed by atoms with Crippen LogP contribution >= 0.6 is 11.6 Å². The zero-order chi connectivity index (χ0) is 12.3. The summed E-state index contributed by atoms with van der Waals surface area (Å²) in [4.78, 5) is 0. The van der Waals surface area contributed by atoms with Crippen LogP contribution in [0.4, 0.5) is 4.39 Å². The zero-order valence-corrected chi connectivity index (χ0v) is 10.3. The van der Waals surface area contributed by atoms with Gasteiger partial charge in [-0.25, -0.2) is 4.39 Å². The lowest BCUT2D eigenvalue weighted by molar-refractivity contribution is 0.629. The maximum atomic E-state index is 13.3. The summed E-state index contributed by atoms with van der Waals surface area (Å²) in [6, 6.07) is 12.9. The Bertz CT molecular complexity index is 508. The van der Waals surface area contributed by atoms with Gasteiger partial charge < -0.3 is 5.32 Å². The van der Waals surface area contributed by atoms with E-state index in [4.69, 9.17) is 11.6 Å². The predicted octanol–water partition coefficient (Wildman–Crippen LogP) is 3.87. The first-order valence-electron chi connectivity index (χ1n) is 5.39. The molecule has 0 fully saturated rings. The summed E-state index contributed by atoms with van der Waals surface area (Å²) in [5, 5.41) is 3.24. The lowest BCUT2D eigenvalue weighted by atomic mass is 10.0. The van der Waals surface area contributed by atoms with Gasteiger partial charge in [0.1, 0.15) is 5.82 Å². The molecule has 0 radical (unpaired) electrons. The maximum Gasteiger partial charge on any atom is 0.142 e. The van der Waals surface area contributed by atoms with E-state index in [1.165, 1.54) is 11.6 Å². The van der Waals surface area contributed by atoms with Crippen molar-refractivity contribution < 1.29 is 4.39 Å². The van der Waals surface area contributed by atoms with Gasteiger partial charge in [-0.2, -0.15) is 0 Å². The van der Waals surface area contributed by atoms with E-state index in [0.717, 1.165) is 17.7 Å². The van der Waals surface area contributed by atoms with Gasteiger partial charge in [0.2, 0.25) is 0 Å². The van der Waals surface area contributed by atoms with E-state index in [0.29, 0.717) is 0 Å². The summed E-state index contributed by atoms with van der Waals surface area (Å²) < 4.78 is 13.3. The third kappa shape index (κ3) is 2.84. The Morgan fingerprint density at radius 2 is 1.71 bits per heavy atom. The lowest BCUT2D eigenvalue weighted by Gasteiger charge is -2.05. The van der Waals surface area contributed by atoms with Crippen molar-refractivity contribution in [2.75, 3.05) is 7.05 Å². The molecule has 0 saturated heterocycles. The monoisotopic (exact) mass is 249 g/mol. The fraction of sp³-hybridized carbons (Fsp3) is 0.143. The van der Waals surface area contributed by atoms with Crippen LogP contribution in [0.5, 0.6) is 0 Å². The SMILES string of the molecule is CNCc1ccc(-c2ccc(Cl)c(F)c2)cc1. The molecule has 1 N–H and O–H groups in total. The minimum absolute atomic E-state index is 0.153. The van der Waals surface area contributed by atoms with Crippen molar-refractivity contribution in [3.8, 4) is 11.1 Å². The fourth-order valence-corrected chi connectivity index (χ4v) is 1.81. The van der Waals surface area contributed by atoms with Crippen LogP contribution in [0.3, 0.4) is 0 Å². The first-order chi connectivity index (χ1) is 8.20. The summed E-state index contributed by atoms with van der Waals surface area (Å²) in [7, 11) is 1.91. The Hall–Kier alpha value is -1.38. The molecule has 2 rings (SSSR count). The molecule has 0 aromatic heterocycles. The number of rotatable bonds is 3. The molecule has 0 aliphatic heterocycles. The van der Waals surface area contributed by atoms with Gasteiger partial charge in [-0.1, -0.05) is 41.9 Å². The van der Waals surface area contributed by atoms with Crippen molar-refractivity contribution in [1.29, 1.82) is 0 Å². The molecule has 1 nitrogen and oxygen atoms in total. The molecule has 0 amide bonds. The second-order valence-electron chi connectivity index (χ2n) is 3.86. The summed E-state index contributed by atoms with van der Waals surface area (Å²) in [6.45, 7) is 0.829. The predicted molar refractivity (Wildman–Crippen MR) is 69.6 cm³/mol. The van der Waals surface area contributed by atoms with Crippen LogP contribution < -0.4 is 5.32 Å². The summed E-state index contributed by atoms with van der Waals surface area (Å²) in [5.41, 5.74) is 3.02. The largest absolute Gasteiger partial charge is 0.316 e. The molecule has 17 heavy (non-hydrogen) atoms. The number of benzene rings is 2. The van der Waals surface area contributed by atoms with E-state index in [9.17, 15) is 4.39 Å². The smallest absolute Gasteiger partial charge is 0.142 e. The number of nitrogens with one attached hydrogen (secondary N) is 1. The van der Waals surface area contributed by atoms with Crippen molar-refractivity contribution in [1.82, 2.24) is 5.32 Å². The van der Waals surface area contributed by atoms with E-state index < -0.39 is 0 Å². The van der Waals surface area contributed by atoms with Gasteiger partial charge in [0.25, 0.3) is 0 Å². The molecule has 2 aromatic carbocycles. The quantitative estimate of drug-likeness (QED) is 0.871. The molecule has 0 aliphatic carbocycles. The molecule has 0 spiro atoms. The van der Waals surface area contributed by atoms with Crippen molar-refractivity contribution in [2.45, 2.75) is 6.54 Å². The van der Waals surface area contributed by atoms with Crippen LogP contribution in [0.25, 0.3) is 11.1 Å². The average molecular weight is 250 g/mol. The Kier molecular flexibility index (Phi) is 3.77. The van der Waals surface area contributed by atoms with Crippen molar-refractivity contribution in [2.24, 2.45) is 0 Å². The van der Waals surface area contributed by atoms with Gasteiger partial charge in [0.05, 0.1) is 5.02 Å². The molecule has 3 heteroatoms. The molecule has 0 unspecified atom stereocenters. The summed E-state index contributed by atoms with van der Waals surface area (Å²) in [5.74, 6) is -0.386. The van der Waals surface area contributed by atoms with Crippen molar-refractivity contribution >= 4 is 11.6 Å². The molecule has 0 atom stereocenters. The highest BCUT2D eigenvalue weighted by Gasteiger charge is 2.03. The lowest BCUT2D eigenvalue weighted by Crippen LogP contribution is -2.04.